The minimum absolute atomic E-state index is 0.0396. The maximum Gasteiger partial charge on any atom is 0.335 e. The first-order chi connectivity index (χ1) is 36.6. The van der Waals surface area contributed by atoms with E-state index in [1.807, 2.05) is 6.08 Å². The van der Waals surface area contributed by atoms with Gasteiger partial charge in [0.05, 0.1) is 6.61 Å². The molecule has 6 unspecified atom stereocenters. The highest BCUT2D eigenvalue weighted by Crippen LogP contribution is 2.26. The van der Waals surface area contributed by atoms with Gasteiger partial charge >= 0.3 is 23.9 Å². The Labute approximate surface area is 453 Å². The van der Waals surface area contributed by atoms with E-state index >= 15 is 0 Å². The van der Waals surface area contributed by atoms with Crippen molar-refractivity contribution in [3.63, 3.8) is 0 Å². The second-order valence-corrected chi connectivity index (χ2v) is 19.5. The van der Waals surface area contributed by atoms with Crippen LogP contribution in [0.1, 0.15) is 226 Å². The first kappa shape index (κ1) is 68.7. The highest BCUT2D eigenvalue weighted by molar-refractivity contribution is 5.74. The molecule has 75 heavy (non-hydrogen) atoms. The standard InChI is InChI=1S/C63H102O12/c1-4-7-10-13-16-19-22-25-27-28-30-32-34-37-40-43-46-49-55(64)71-52-54(73-56(65)50-47-44-41-38-35-31-24-21-18-15-12-9-6-3)53-72-63-61(59(68)58(67)60(75-63)62(69)70)74-57(66)51-48-45-42-39-36-33-29-26-23-20-17-14-11-8-5-2/h7,10,12,15-16,19,21,24-27,29-30,32,37,40,54,58-61,63,67-68H,4-6,8-9,11,13-14,17-18,20,22-23,28,31,33-36,38-39,41-53H2,1-3H3,(H,69,70)/b10-7-,15-12-,19-16-,24-21-,27-25-,29-26-,32-30-,40-37-. The van der Waals surface area contributed by atoms with Crippen molar-refractivity contribution >= 4 is 23.9 Å². The van der Waals surface area contributed by atoms with Crippen LogP contribution in [0.3, 0.4) is 0 Å². The second kappa shape index (κ2) is 50.5. The Kier molecular flexibility index (Phi) is 46.2. The molecular weight excluding hydrogens is 949 g/mol. The second-order valence-electron chi connectivity index (χ2n) is 19.5. The summed E-state index contributed by atoms with van der Waals surface area (Å²) in [5.74, 6) is -3.24. The van der Waals surface area contributed by atoms with E-state index in [9.17, 15) is 34.5 Å². The molecule has 0 saturated carbocycles. The number of hydrogen-bond donors (Lipinski definition) is 3. The Morgan fingerprint density at radius 2 is 0.880 bits per heavy atom. The van der Waals surface area contributed by atoms with Crippen LogP contribution in [0.4, 0.5) is 0 Å². The Morgan fingerprint density at radius 1 is 0.453 bits per heavy atom. The lowest BCUT2D eigenvalue weighted by atomic mass is 9.98. The first-order valence-corrected chi connectivity index (χ1v) is 29.2. The van der Waals surface area contributed by atoms with E-state index < -0.39 is 67.3 Å². The number of carbonyl (C=O) groups is 4. The molecule has 12 heteroatoms. The van der Waals surface area contributed by atoms with E-state index in [4.69, 9.17) is 23.7 Å². The Bertz CT molecular complexity index is 1670. The van der Waals surface area contributed by atoms with Crippen LogP contribution in [-0.4, -0.2) is 89.2 Å². The molecule has 0 aromatic heterocycles. The van der Waals surface area contributed by atoms with Gasteiger partial charge in [-0.25, -0.2) is 4.79 Å². The number of hydrogen-bond acceptors (Lipinski definition) is 11. The molecule has 0 aromatic rings. The van der Waals surface area contributed by atoms with Crippen molar-refractivity contribution in [1.82, 2.24) is 0 Å². The third kappa shape index (κ3) is 40.6. The zero-order valence-corrected chi connectivity index (χ0v) is 46.8. The van der Waals surface area contributed by atoms with Gasteiger partial charge in [0.1, 0.15) is 18.8 Å². The largest absolute Gasteiger partial charge is 0.479 e. The number of carboxylic acids is 1. The molecular formula is C63H102O12. The van der Waals surface area contributed by atoms with E-state index in [-0.39, 0.29) is 25.9 Å². The number of carbonyl (C=O) groups excluding carboxylic acids is 3. The number of aliphatic hydroxyl groups excluding tert-OH is 2. The molecule has 1 heterocycles. The van der Waals surface area contributed by atoms with E-state index in [1.54, 1.807) is 0 Å². The zero-order chi connectivity index (χ0) is 54.7. The zero-order valence-electron chi connectivity index (χ0n) is 46.8. The third-order valence-electron chi connectivity index (χ3n) is 12.6. The lowest BCUT2D eigenvalue weighted by Gasteiger charge is -2.40. The fourth-order valence-electron chi connectivity index (χ4n) is 8.14. The van der Waals surface area contributed by atoms with Gasteiger partial charge in [0.25, 0.3) is 0 Å². The summed E-state index contributed by atoms with van der Waals surface area (Å²) in [5.41, 5.74) is 0. The number of carboxylic acid groups (broad SMARTS) is 1. The summed E-state index contributed by atoms with van der Waals surface area (Å²) >= 11 is 0. The Balaban J connectivity index is 2.75. The number of ether oxygens (including phenoxy) is 5. The quantitative estimate of drug-likeness (QED) is 0.0228. The van der Waals surface area contributed by atoms with Gasteiger partial charge in [-0.05, 0) is 109 Å². The summed E-state index contributed by atoms with van der Waals surface area (Å²) in [4.78, 5) is 51.1. The van der Waals surface area contributed by atoms with E-state index in [0.717, 1.165) is 122 Å². The normalized spacial score (nSPS) is 18.9. The minimum Gasteiger partial charge on any atom is -0.479 e. The summed E-state index contributed by atoms with van der Waals surface area (Å²) in [7, 11) is 0. The highest BCUT2D eigenvalue weighted by Gasteiger charge is 2.50. The van der Waals surface area contributed by atoms with Gasteiger partial charge in [0.2, 0.25) is 0 Å². The summed E-state index contributed by atoms with van der Waals surface area (Å²) in [6, 6.07) is 0. The lowest BCUT2D eigenvalue weighted by Crippen LogP contribution is -2.61. The number of esters is 3. The molecule has 12 nitrogen and oxygen atoms in total. The average molecular weight is 1050 g/mol. The molecule has 0 amide bonds. The lowest BCUT2D eigenvalue weighted by molar-refractivity contribution is -0.301. The maximum absolute atomic E-state index is 13.1. The maximum atomic E-state index is 13.1. The molecule has 1 fully saturated rings. The molecule has 1 aliphatic heterocycles. The number of unbranched alkanes of at least 4 members (excludes halogenated alkanes) is 18. The van der Waals surface area contributed by atoms with Crippen molar-refractivity contribution in [3.8, 4) is 0 Å². The molecule has 6 atom stereocenters. The predicted molar refractivity (Wildman–Crippen MR) is 303 cm³/mol. The van der Waals surface area contributed by atoms with Crippen molar-refractivity contribution in [3.05, 3.63) is 97.2 Å². The van der Waals surface area contributed by atoms with Crippen LogP contribution >= 0.6 is 0 Å². The van der Waals surface area contributed by atoms with Gasteiger partial charge in [0, 0.05) is 19.3 Å². The SMILES string of the molecule is CC/C=C\C/C=C\C/C=C\C/C=C\C/C=C\CCCC(=O)OCC(COC1OC(C(=O)O)C(O)C(O)C1OC(=O)CCCCCCC/C=C\CCCCCCCC)OC(=O)CCCCCCC/C=C\C/C=C\CCC. The van der Waals surface area contributed by atoms with Crippen LogP contribution < -0.4 is 0 Å². The van der Waals surface area contributed by atoms with Gasteiger partial charge in [-0.2, -0.15) is 0 Å². The summed E-state index contributed by atoms with van der Waals surface area (Å²) < 4.78 is 28.3. The van der Waals surface area contributed by atoms with Crippen molar-refractivity contribution in [2.24, 2.45) is 0 Å². The van der Waals surface area contributed by atoms with Gasteiger partial charge in [-0.3, -0.25) is 14.4 Å². The molecule has 1 saturated heterocycles. The van der Waals surface area contributed by atoms with Crippen molar-refractivity contribution in [2.75, 3.05) is 13.2 Å². The molecule has 0 spiro atoms. The third-order valence-corrected chi connectivity index (χ3v) is 12.6. The monoisotopic (exact) mass is 1050 g/mol. The fraction of sp³-hybridized carbons (Fsp3) is 0.683. The molecule has 1 rings (SSSR count). The molecule has 0 aliphatic carbocycles. The predicted octanol–water partition coefficient (Wildman–Crippen LogP) is 14.9. The topological polar surface area (TPSA) is 175 Å². The van der Waals surface area contributed by atoms with E-state index in [1.165, 1.54) is 38.5 Å². The highest BCUT2D eigenvalue weighted by atomic mass is 16.7. The van der Waals surface area contributed by atoms with Gasteiger partial charge < -0.3 is 39.0 Å². The first-order valence-electron chi connectivity index (χ1n) is 29.2. The van der Waals surface area contributed by atoms with Crippen molar-refractivity contribution in [1.29, 1.82) is 0 Å². The van der Waals surface area contributed by atoms with Crippen LogP contribution in [-0.2, 0) is 42.9 Å². The number of allylic oxidation sites excluding steroid dienone is 16. The number of rotatable bonds is 48. The Hall–Kier alpha value is -4.36. The molecule has 0 aromatic carbocycles. The Morgan fingerprint density at radius 3 is 1.39 bits per heavy atom. The van der Waals surface area contributed by atoms with Crippen LogP contribution in [0.2, 0.25) is 0 Å². The van der Waals surface area contributed by atoms with Crippen LogP contribution in [0, 0.1) is 0 Å². The summed E-state index contributed by atoms with van der Waals surface area (Å²) in [6.07, 6.45) is 53.8. The smallest absolute Gasteiger partial charge is 0.335 e. The number of aliphatic carboxylic acids is 1. The number of aliphatic hydroxyl groups is 2. The van der Waals surface area contributed by atoms with Crippen molar-refractivity contribution < 1.29 is 58.2 Å². The van der Waals surface area contributed by atoms with E-state index in [0.29, 0.717) is 25.7 Å². The van der Waals surface area contributed by atoms with Crippen LogP contribution in [0.5, 0.6) is 0 Å². The molecule has 1 aliphatic rings. The van der Waals surface area contributed by atoms with Gasteiger partial charge in [-0.1, -0.05) is 195 Å². The minimum atomic E-state index is -1.92. The molecule has 426 valence electrons. The summed E-state index contributed by atoms with van der Waals surface area (Å²) in [6.45, 7) is 5.73. The molecule has 0 bridgehead atoms. The average Bonchev–Trinajstić information content (AvgIpc) is 3.39. The van der Waals surface area contributed by atoms with Crippen molar-refractivity contribution in [2.45, 2.75) is 263 Å². The summed E-state index contributed by atoms with van der Waals surface area (Å²) in [5, 5.41) is 31.5. The van der Waals surface area contributed by atoms with Gasteiger partial charge in [-0.15, -0.1) is 0 Å². The van der Waals surface area contributed by atoms with Gasteiger partial charge in [0.15, 0.2) is 24.6 Å². The molecule has 0 radical (unpaired) electrons. The van der Waals surface area contributed by atoms with Crippen LogP contribution in [0.15, 0.2) is 97.2 Å². The molecule has 3 N–H and O–H groups in total. The van der Waals surface area contributed by atoms with E-state index in [2.05, 4.69) is 112 Å². The fourth-order valence-corrected chi connectivity index (χ4v) is 8.14. The van der Waals surface area contributed by atoms with Crippen LogP contribution in [0.25, 0.3) is 0 Å².